The van der Waals surface area contributed by atoms with Gasteiger partial charge in [0.05, 0.1) is 12.2 Å². The topological polar surface area (TPSA) is 40.5 Å². The highest BCUT2D eigenvalue weighted by Crippen LogP contribution is 2.57. The Kier molecular flexibility index (Phi) is 2.87. The molecule has 0 heterocycles. The molecule has 0 spiro atoms. The van der Waals surface area contributed by atoms with E-state index in [1.54, 1.807) is 0 Å². The molecule has 2 heteroatoms. The average Bonchev–Trinajstić information content (AvgIpc) is 2.67. The maximum Gasteiger partial charge on any atom is 0.0879 e. The number of rotatable bonds is 0. The molecular weight excluding hydrogens is 320 g/mol. The first-order valence-corrected chi connectivity index (χ1v) is 9.40. The van der Waals surface area contributed by atoms with E-state index in [-0.39, 0.29) is 23.7 Å². The molecule has 0 saturated heterocycles. The maximum atomic E-state index is 10.9. The van der Waals surface area contributed by atoms with Crippen LogP contribution in [0.4, 0.5) is 0 Å². The summed E-state index contributed by atoms with van der Waals surface area (Å²) in [5, 5.41) is 26.7. The van der Waals surface area contributed by atoms with E-state index in [0.29, 0.717) is 0 Å². The second kappa shape index (κ2) is 5.06. The van der Waals surface area contributed by atoms with Gasteiger partial charge in [0, 0.05) is 11.8 Å². The highest BCUT2D eigenvalue weighted by Gasteiger charge is 2.54. The van der Waals surface area contributed by atoms with Crippen LogP contribution in [-0.4, -0.2) is 22.4 Å². The lowest BCUT2D eigenvalue weighted by atomic mass is 9.53. The number of hydrogen-bond acceptors (Lipinski definition) is 2. The quantitative estimate of drug-likeness (QED) is 0.659. The third kappa shape index (κ3) is 1.78. The molecule has 2 unspecified atom stereocenters. The molecule has 0 aromatic heterocycles. The molecule has 128 valence electrons. The normalized spacial score (nSPS) is 33.6. The summed E-state index contributed by atoms with van der Waals surface area (Å²) < 4.78 is 0. The molecule has 2 bridgehead atoms. The average molecular weight is 340 g/mol. The van der Waals surface area contributed by atoms with Crippen molar-refractivity contribution in [3.05, 3.63) is 82.2 Å². The minimum atomic E-state index is -0.704. The summed E-state index contributed by atoms with van der Waals surface area (Å²) in [4.78, 5) is 0. The Morgan fingerprint density at radius 3 is 1.46 bits per heavy atom. The zero-order chi connectivity index (χ0) is 17.4. The smallest absolute Gasteiger partial charge is 0.0879 e. The lowest BCUT2D eigenvalue weighted by Gasteiger charge is -2.53. The lowest BCUT2D eigenvalue weighted by Crippen LogP contribution is -2.55. The van der Waals surface area contributed by atoms with Gasteiger partial charge in [0.1, 0.15) is 0 Å². The van der Waals surface area contributed by atoms with Crippen LogP contribution < -0.4 is 10.4 Å². The van der Waals surface area contributed by atoms with E-state index < -0.39 is 12.2 Å². The van der Waals surface area contributed by atoms with E-state index >= 15 is 0 Å². The van der Waals surface area contributed by atoms with Gasteiger partial charge in [0.15, 0.2) is 0 Å². The Bertz CT molecular complexity index is 1070. The largest absolute Gasteiger partial charge is 0.390 e. The van der Waals surface area contributed by atoms with Gasteiger partial charge in [0.25, 0.3) is 0 Å². The van der Waals surface area contributed by atoms with Crippen LogP contribution in [0.2, 0.25) is 0 Å². The summed E-state index contributed by atoms with van der Waals surface area (Å²) >= 11 is 0. The molecule has 1 fully saturated rings. The van der Waals surface area contributed by atoms with Gasteiger partial charge < -0.3 is 10.2 Å². The van der Waals surface area contributed by atoms with Crippen LogP contribution in [0.1, 0.15) is 23.0 Å². The monoisotopic (exact) mass is 340 g/mol. The van der Waals surface area contributed by atoms with Crippen molar-refractivity contribution >= 4 is 22.9 Å². The molecule has 26 heavy (non-hydrogen) atoms. The van der Waals surface area contributed by atoms with E-state index in [9.17, 15) is 10.2 Å². The van der Waals surface area contributed by atoms with Crippen molar-refractivity contribution in [3.63, 3.8) is 0 Å². The predicted octanol–water partition coefficient (Wildman–Crippen LogP) is 2.26. The molecule has 2 nitrogen and oxygen atoms in total. The van der Waals surface area contributed by atoms with Gasteiger partial charge in [-0.05, 0) is 44.2 Å². The van der Waals surface area contributed by atoms with Crippen LogP contribution in [0.25, 0.3) is 22.9 Å². The Balaban J connectivity index is 1.65. The molecule has 4 aliphatic carbocycles. The number of aliphatic hydroxyl groups excluding tert-OH is 2. The van der Waals surface area contributed by atoms with E-state index in [4.69, 9.17) is 0 Å². The van der Waals surface area contributed by atoms with Crippen molar-refractivity contribution in [2.45, 2.75) is 24.0 Å². The molecule has 6 atom stereocenters. The molecule has 7 rings (SSSR count). The fraction of sp³-hybridized carbons (Fsp3) is 0.250. The number of fused-ring (bicyclic) bond motifs is 3. The minimum absolute atomic E-state index is 0.0517. The Morgan fingerprint density at radius 2 is 1.00 bits per heavy atom. The Hall–Kier alpha value is -2.42. The Morgan fingerprint density at radius 1 is 0.577 bits per heavy atom. The van der Waals surface area contributed by atoms with Gasteiger partial charge in [-0.3, -0.25) is 0 Å². The number of benzene rings is 3. The third-order valence-corrected chi connectivity index (χ3v) is 6.77. The molecule has 0 aliphatic heterocycles. The summed E-state index contributed by atoms with van der Waals surface area (Å²) in [6, 6.07) is 21.3. The fourth-order valence-corrected chi connectivity index (χ4v) is 5.65. The van der Waals surface area contributed by atoms with Crippen LogP contribution in [0.5, 0.6) is 0 Å². The molecule has 1 saturated carbocycles. The van der Waals surface area contributed by atoms with Crippen LogP contribution >= 0.6 is 0 Å². The van der Waals surface area contributed by atoms with Crippen molar-refractivity contribution in [1.82, 2.24) is 0 Å². The molecule has 4 aliphatic rings. The van der Waals surface area contributed by atoms with Crippen molar-refractivity contribution in [2.24, 2.45) is 11.8 Å². The first-order valence-electron chi connectivity index (χ1n) is 9.40. The van der Waals surface area contributed by atoms with E-state index in [1.165, 1.54) is 32.3 Å². The second-order valence-electron chi connectivity index (χ2n) is 7.98. The summed E-state index contributed by atoms with van der Waals surface area (Å²) in [6.07, 6.45) is 3.24. The van der Waals surface area contributed by atoms with Gasteiger partial charge in [-0.25, -0.2) is 0 Å². The summed E-state index contributed by atoms with van der Waals surface area (Å²) in [7, 11) is 0. The van der Waals surface area contributed by atoms with Crippen molar-refractivity contribution < 1.29 is 10.2 Å². The van der Waals surface area contributed by atoms with Crippen LogP contribution in [0.3, 0.4) is 0 Å². The molecule has 0 radical (unpaired) electrons. The van der Waals surface area contributed by atoms with Crippen molar-refractivity contribution in [1.29, 1.82) is 0 Å². The summed E-state index contributed by atoms with van der Waals surface area (Å²) in [5.74, 6) is 0.373. The van der Waals surface area contributed by atoms with Gasteiger partial charge in [0.2, 0.25) is 0 Å². The molecule has 3 aromatic rings. The standard InChI is InChI=1S/C24H20O2/c25-23-21-17-9-13-5-1-2-6-14(13)10-18(17)22(24(23)26)20-12-16-8-4-3-7-15(16)11-19(20)21/h1-12,17-18,21-26H/t17?,18?,21-,22+,23-,24+. The highest BCUT2D eigenvalue weighted by atomic mass is 16.3. The van der Waals surface area contributed by atoms with Crippen molar-refractivity contribution in [2.75, 3.05) is 0 Å². The van der Waals surface area contributed by atoms with Crippen LogP contribution in [0.15, 0.2) is 60.7 Å². The SMILES string of the molecule is O[C@@H]1[C@H](O)[C@H]2c3cc4ccccc4cc3[C@@H]1C1C=c3ccccc3=CC12. The van der Waals surface area contributed by atoms with E-state index in [1.807, 2.05) is 0 Å². The lowest BCUT2D eigenvalue weighted by molar-refractivity contribution is -0.0686. The number of hydrogen-bond donors (Lipinski definition) is 2. The predicted molar refractivity (Wildman–Crippen MR) is 103 cm³/mol. The molecule has 2 N–H and O–H groups in total. The van der Waals surface area contributed by atoms with Crippen molar-refractivity contribution in [3.8, 4) is 0 Å². The van der Waals surface area contributed by atoms with Crippen LogP contribution in [-0.2, 0) is 0 Å². The second-order valence-corrected chi connectivity index (χ2v) is 7.98. The summed E-state index contributed by atoms with van der Waals surface area (Å²) in [6.45, 7) is 0. The molecule has 0 amide bonds. The zero-order valence-corrected chi connectivity index (χ0v) is 14.3. The first-order chi connectivity index (χ1) is 12.7. The van der Waals surface area contributed by atoms with E-state index in [0.717, 1.165) is 0 Å². The molecular formula is C24H20O2. The molecule has 3 aromatic carbocycles. The van der Waals surface area contributed by atoms with Gasteiger partial charge in [-0.2, -0.15) is 0 Å². The van der Waals surface area contributed by atoms with Gasteiger partial charge in [-0.1, -0.05) is 72.8 Å². The third-order valence-electron chi connectivity index (χ3n) is 6.77. The first kappa shape index (κ1) is 14.7. The van der Waals surface area contributed by atoms with E-state index in [2.05, 4.69) is 72.8 Å². The maximum absolute atomic E-state index is 10.9. The van der Waals surface area contributed by atoms with Gasteiger partial charge >= 0.3 is 0 Å². The Labute approximate surface area is 151 Å². The minimum Gasteiger partial charge on any atom is -0.390 e. The highest BCUT2D eigenvalue weighted by molar-refractivity contribution is 5.85. The van der Waals surface area contributed by atoms with Gasteiger partial charge in [-0.15, -0.1) is 0 Å². The number of aliphatic hydroxyl groups is 2. The zero-order valence-electron chi connectivity index (χ0n) is 14.3. The fourth-order valence-electron chi connectivity index (χ4n) is 5.65. The van der Waals surface area contributed by atoms with Crippen LogP contribution in [0, 0.1) is 11.8 Å². The summed E-state index contributed by atoms with van der Waals surface area (Å²) in [5.41, 5.74) is 2.44.